The second kappa shape index (κ2) is 4.85. The van der Waals surface area contributed by atoms with E-state index in [1.54, 1.807) is 23.3 Å². The molecule has 16 heavy (non-hydrogen) atoms. The average Bonchev–Trinajstić information content (AvgIpc) is 2.74. The van der Waals surface area contributed by atoms with E-state index in [1.807, 2.05) is 19.3 Å². The molecule has 1 atom stereocenters. The Balaban J connectivity index is 2.31. The van der Waals surface area contributed by atoms with Crippen LogP contribution in [-0.4, -0.2) is 26.3 Å². The lowest BCUT2D eigenvalue weighted by Gasteiger charge is -2.14. The monoisotopic (exact) mass is 217 g/mol. The zero-order chi connectivity index (χ0) is 11.4. The number of rotatable bonds is 4. The van der Waals surface area contributed by atoms with Crippen LogP contribution < -0.4 is 5.32 Å². The highest BCUT2D eigenvalue weighted by Crippen LogP contribution is 2.16. The molecule has 0 aliphatic heterocycles. The number of nitrogens with zero attached hydrogens (tertiary/aromatic N) is 4. The molecular weight excluding hydrogens is 202 g/mol. The highest BCUT2D eigenvalue weighted by Gasteiger charge is 2.16. The van der Waals surface area contributed by atoms with Crippen LogP contribution in [0.4, 0.5) is 0 Å². The summed E-state index contributed by atoms with van der Waals surface area (Å²) in [5.41, 5.74) is 1.85. The Morgan fingerprint density at radius 2 is 2.25 bits per heavy atom. The molecule has 0 bridgehead atoms. The summed E-state index contributed by atoms with van der Waals surface area (Å²) in [7, 11) is 1.91. The highest BCUT2D eigenvalue weighted by atomic mass is 15.3. The van der Waals surface area contributed by atoms with Crippen molar-refractivity contribution in [3.8, 4) is 0 Å². The molecule has 2 aromatic rings. The highest BCUT2D eigenvalue weighted by molar-refractivity contribution is 5.18. The molecule has 0 aliphatic carbocycles. The summed E-state index contributed by atoms with van der Waals surface area (Å²) >= 11 is 0. The van der Waals surface area contributed by atoms with E-state index in [0.717, 1.165) is 17.9 Å². The van der Waals surface area contributed by atoms with E-state index >= 15 is 0 Å². The lowest BCUT2D eigenvalue weighted by Crippen LogP contribution is -2.23. The third kappa shape index (κ3) is 2.25. The lowest BCUT2D eigenvalue weighted by atomic mass is 10.1. The van der Waals surface area contributed by atoms with Gasteiger partial charge in [-0.2, -0.15) is 5.10 Å². The van der Waals surface area contributed by atoms with Crippen molar-refractivity contribution in [3.63, 3.8) is 0 Å². The van der Waals surface area contributed by atoms with Gasteiger partial charge in [0.2, 0.25) is 0 Å². The molecule has 2 rings (SSSR count). The molecular formula is C11H15N5. The Bertz CT molecular complexity index is 437. The van der Waals surface area contributed by atoms with Crippen LogP contribution >= 0.6 is 0 Å². The Hall–Kier alpha value is -1.75. The van der Waals surface area contributed by atoms with E-state index in [9.17, 15) is 0 Å². The summed E-state index contributed by atoms with van der Waals surface area (Å²) in [5, 5.41) is 7.74. The summed E-state index contributed by atoms with van der Waals surface area (Å²) < 4.78 is 1.79. The van der Waals surface area contributed by atoms with Gasteiger partial charge in [-0.25, -0.2) is 0 Å². The van der Waals surface area contributed by atoms with Crippen molar-refractivity contribution in [2.75, 3.05) is 6.54 Å². The van der Waals surface area contributed by atoms with Crippen molar-refractivity contribution in [1.29, 1.82) is 0 Å². The molecule has 0 saturated heterocycles. The van der Waals surface area contributed by atoms with Crippen molar-refractivity contribution in [2.45, 2.75) is 13.0 Å². The normalized spacial score (nSPS) is 12.6. The van der Waals surface area contributed by atoms with Gasteiger partial charge in [0.05, 0.1) is 23.6 Å². The number of aromatic nitrogens is 4. The molecule has 0 amide bonds. The molecule has 5 heteroatoms. The minimum Gasteiger partial charge on any atom is -0.304 e. The first-order chi connectivity index (χ1) is 7.81. The quantitative estimate of drug-likeness (QED) is 0.827. The Morgan fingerprint density at radius 1 is 1.38 bits per heavy atom. The molecule has 84 valence electrons. The second-order valence-electron chi connectivity index (χ2n) is 3.54. The van der Waals surface area contributed by atoms with Gasteiger partial charge in [-0.15, -0.1) is 0 Å². The summed E-state index contributed by atoms with van der Waals surface area (Å²) in [6, 6.07) is 2.00. The van der Waals surface area contributed by atoms with Crippen molar-refractivity contribution in [3.05, 3.63) is 42.2 Å². The van der Waals surface area contributed by atoms with Crippen LogP contribution in [0.25, 0.3) is 0 Å². The van der Waals surface area contributed by atoms with E-state index in [2.05, 4.69) is 27.3 Å². The van der Waals surface area contributed by atoms with Gasteiger partial charge in [0.25, 0.3) is 0 Å². The van der Waals surface area contributed by atoms with Crippen LogP contribution in [0.5, 0.6) is 0 Å². The van der Waals surface area contributed by atoms with Crippen molar-refractivity contribution in [1.82, 2.24) is 25.1 Å². The Kier molecular flexibility index (Phi) is 3.26. The van der Waals surface area contributed by atoms with E-state index in [4.69, 9.17) is 0 Å². The Morgan fingerprint density at radius 3 is 2.81 bits per heavy atom. The summed E-state index contributed by atoms with van der Waals surface area (Å²) in [6.45, 7) is 2.92. The maximum Gasteiger partial charge on any atom is 0.0959 e. The van der Waals surface area contributed by atoms with Crippen LogP contribution in [-0.2, 0) is 7.05 Å². The van der Waals surface area contributed by atoms with Crippen molar-refractivity contribution in [2.24, 2.45) is 7.05 Å². The minimum atomic E-state index is 0.0138. The molecule has 0 radical (unpaired) electrons. The van der Waals surface area contributed by atoms with E-state index in [0.29, 0.717) is 0 Å². The topological polar surface area (TPSA) is 55.6 Å². The summed E-state index contributed by atoms with van der Waals surface area (Å²) in [6.07, 6.45) is 7.06. The first-order valence-corrected chi connectivity index (χ1v) is 5.30. The fourth-order valence-electron chi connectivity index (χ4n) is 1.61. The first kappa shape index (κ1) is 10.8. The Labute approximate surface area is 94.5 Å². The van der Waals surface area contributed by atoms with Crippen LogP contribution in [0.2, 0.25) is 0 Å². The summed E-state index contributed by atoms with van der Waals surface area (Å²) in [5.74, 6) is 0. The van der Waals surface area contributed by atoms with E-state index < -0.39 is 0 Å². The zero-order valence-corrected chi connectivity index (χ0v) is 9.46. The van der Waals surface area contributed by atoms with Gasteiger partial charge in [-0.1, -0.05) is 6.92 Å². The minimum absolute atomic E-state index is 0.0138. The zero-order valence-electron chi connectivity index (χ0n) is 9.46. The SMILES string of the molecule is CCNC(c1cnccn1)c1ccn(C)n1. The molecule has 1 N–H and O–H groups in total. The largest absolute Gasteiger partial charge is 0.304 e. The molecule has 1 unspecified atom stereocenters. The fraction of sp³-hybridized carbons (Fsp3) is 0.364. The molecule has 5 nitrogen and oxygen atoms in total. The molecule has 2 aromatic heterocycles. The van der Waals surface area contributed by atoms with E-state index in [-0.39, 0.29) is 6.04 Å². The predicted molar refractivity (Wildman–Crippen MR) is 60.8 cm³/mol. The molecule has 0 aromatic carbocycles. The third-order valence-corrected chi connectivity index (χ3v) is 2.32. The molecule has 0 spiro atoms. The predicted octanol–water partition coefficient (Wildman–Crippen LogP) is 0.909. The van der Waals surface area contributed by atoms with Crippen LogP contribution in [0.3, 0.4) is 0 Å². The maximum absolute atomic E-state index is 4.39. The average molecular weight is 217 g/mol. The van der Waals surface area contributed by atoms with Gasteiger partial charge >= 0.3 is 0 Å². The smallest absolute Gasteiger partial charge is 0.0959 e. The van der Waals surface area contributed by atoms with Gasteiger partial charge in [0, 0.05) is 25.6 Å². The van der Waals surface area contributed by atoms with Gasteiger partial charge in [0.15, 0.2) is 0 Å². The maximum atomic E-state index is 4.39. The number of hydrogen-bond acceptors (Lipinski definition) is 4. The van der Waals surface area contributed by atoms with Crippen LogP contribution in [0.1, 0.15) is 24.4 Å². The fourth-order valence-corrected chi connectivity index (χ4v) is 1.61. The number of aryl methyl sites for hydroxylation is 1. The molecule has 0 aliphatic rings. The molecule has 0 saturated carbocycles. The van der Waals surface area contributed by atoms with Gasteiger partial charge in [0.1, 0.15) is 0 Å². The van der Waals surface area contributed by atoms with Crippen LogP contribution in [0.15, 0.2) is 30.9 Å². The van der Waals surface area contributed by atoms with Gasteiger partial charge in [-0.05, 0) is 12.6 Å². The first-order valence-electron chi connectivity index (χ1n) is 5.30. The second-order valence-corrected chi connectivity index (χ2v) is 3.54. The number of nitrogens with one attached hydrogen (secondary N) is 1. The van der Waals surface area contributed by atoms with E-state index in [1.165, 1.54) is 0 Å². The summed E-state index contributed by atoms with van der Waals surface area (Å²) in [4.78, 5) is 8.39. The van der Waals surface area contributed by atoms with Gasteiger partial charge in [-0.3, -0.25) is 14.6 Å². The lowest BCUT2D eigenvalue weighted by molar-refractivity contribution is 0.585. The third-order valence-electron chi connectivity index (χ3n) is 2.32. The molecule has 0 fully saturated rings. The van der Waals surface area contributed by atoms with Crippen molar-refractivity contribution >= 4 is 0 Å². The standard InChI is InChI=1S/C11H15N5/c1-3-13-11(9-4-7-16(2)15-9)10-8-12-5-6-14-10/h4-8,11,13H,3H2,1-2H3. The van der Waals surface area contributed by atoms with Gasteiger partial charge < -0.3 is 5.32 Å². The van der Waals surface area contributed by atoms with Crippen LogP contribution in [0, 0.1) is 0 Å². The number of hydrogen-bond donors (Lipinski definition) is 1. The molecule has 2 heterocycles. The van der Waals surface area contributed by atoms with Crippen molar-refractivity contribution < 1.29 is 0 Å².